The number of hydrogen-bond donors (Lipinski definition) is 1. The van der Waals surface area contributed by atoms with E-state index in [9.17, 15) is 21.6 Å². The van der Waals surface area contributed by atoms with Crippen LogP contribution in [-0.4, -0.2) is 44.9 Å². The van der Waals surface area contributed by atoms with Crippen LogP contribution in [0.1, 0.15) is 12.5 Å². The van der Waals surface area contributed by atoms with Gasteiger partial charge in [-0.1, -0.05) is 6.07 Å². The molecule has 1 atom stereocenters. The predicted octanol–water partition coefficient (Wildman–Crippen LogP) is 0.507. The van der Waals surface area contributed by atoms with Crippen molar-refractivity contribution in [1.82, 2.24) is 4.31 Å². The largest absolute Gasteiger partial charge is 0.416 e. The molecule has 5 nitrogen and oxygen atoms in total. The number of nitriles is 1. The molecule has 1 saturated heterocycles. The molecule has 1 N–H and O–H groups in total. The topological polar surface area (TPSA) is 65.6 Å². The van der Waals surface area contributed by atoms with Gasteiger partial charge in [-0.2, -0.15) is 22.7 Å². The van der Waals surface area contributed by atoms with E-state index in [0.29, 0.717) is 19.2 Å². The summed E-state index contributed by atoms with van der Waals surface area (Å²) < 4.78 is 64.4. The van der Waals surface area contributed by atoms with E-state index in [-0.39, 0.29) is 24.0 Å². The van der Waals surface area contributed by atoms with Gasteiger partial charge in [-0.05, 0) is 18.2 Å². The van der Waals surface area contributed by atoms with Gasteiger partial charge in [0.05, 0.1) is 36.6 Å². The van der Waals surface area contributed by atoms with E-state index in [4.69, 9.17) is 5.26 Å². The number of nitrogens with zero attached hydrogens (tertiary/aromatic N) is 2. The van der Waals surface area contributed by atoms with Gasteiger partial charge in [0, 0.05) is 6.92 Å². The molecule has 1 aliphatic rings. The zero-order valence-electron chi connectivity index (χ0n) is 12.5. The highest BCUT2D eigenvalue weighted by molar-refractivity contribution is 7.89. The summed E-state index contributed by atoms with van der Waals surface area (Å²) in [6.07, 6.45) is -4.59. The number of rotatable bonds is 3. The Morgan fingerprint density at radius 2 is 1.91 bits per heavy atom. The number of benzene rings is 1. The van der Waals surface area contributed by atoms with Crippen LogP contribution in [0.15, 0.2) is 29.2 Å². The third-order valence-corrected chi connectivity index (χ3v) is 5.86. The van der Waals surface area contributed by atoms with Crippen molar-refractivity contribution in [2.45, 2.75) is 24.0 Å². The van der Waals surface area contributed by atoms with Crippen molar-refractivity contribution >= 4 is 10.0 Å². The highest BCUT2D eigenvalue weighted by Gasteiger charge is 2.35. The second-order valence-electron chi connectivity index (χ2n) is 5.44. The number of sulfonamides is 1. The van der Waals surface area contributed by atoms with Gasteiger partial charge in [0.25, 0.3) is 0 Å². The lowest BCUT2D eigenvalue weighted by atomic mass is 10.2. The normalized spacial score (nSPS) is 19.3. The Kier molecular flexibility index (Phi) is 4.98. The fraction of sp³-hybridized carbons (Fsp3) is 0.500. The van der Waals surface area contributed by atoms with Gasteiger partial charge in [-0.25, -0.2) is 8.42 Å². The monoisotopic (exact) mass is 348 g/mol. The maximum Gasteiger partial charge on any atom is 0.416 e. The van der Waals surface area contributed by atoms with Crippen molar-refractivity contribution in [1.29, 1.82) is 5.26 Å². The van der Waals surface area contributed by atoms with Gasteiger partial charge < -0.3 is 4.90 Å². The Morgan fingerprint density at radius 3 is 2.43 bits per heavy atom. The first kappa shape index (κ1) is 17.7. The number of quaternary nitrogens is 1. The lowest BCUT2D eigenvalue weighted by Gasteiger charge is -2.32. The smallest absolute Gasteiger partial charge is 0.319 e. The molecule has 1 heterocycles. The number of hydrogen-bond acceptors (Lipinski definition) is 3. The summed E-state index contributed by atoms with van der Waals surface area (Å²) in [6.45, 7) is 3.02. The summed E-state index contributed by atoms with van der Waals surface area (Å²) in [7, 11) is -3.96. The fourth-order valence-corrected chi connectivity index (χ4v) is 4.01. The Hall–Kier alpha value is -1.63. The second-order valence-corrected chi connectivity index (χ2v) is 7.38. The number of piperazine rings is 1. The molecule has 2 rings (SSSR count). The Balaban J connectivity index is 2.19. The molecule has 0 aliphatic carbocycles. The van der Waals surface area contributed by atoms with Crippen LogP contribution in [0, 0.1) is 11.3 Å². The quantitative estimate of drug-likeness (QED) is 0.866. The molecule has 1 fully saturated rings. The van der Waals surface area contributed by atoms with E-state index in [1.807, 2.05) is 0 Å². The molecule has 0 radical (unpaired) electrons. The van der Waals surface area contributed by atoms with E-state index >= 15 is 0 Å². The Labute approximate surface area is 133 Å². The predicted molar refractivity (Wildman–Crippen MR) is 76.0 cm³/mol. The van der Waals surface area contributed by atoms with E-state index in [2.05, 4.69) is 6.07 Å². The SMILES string of the molecule is C[C@H](C#N)[NH+]1CCN(S(=O)(=O)c2cccc(C(F)(F)F)c2)CC1. The van der Waals surface area contributed by atoms with Crippen molar-refractivity contribution in [2.24, 2.45) is 0 Å². The van der Waals surface area contributed by atoms with Crippen molar-refractivity contribution in [2.75, 3.05) is 26.2 Å². The summed E-state index contributed by atoms with van der Waals surface area (Å²) in [5.41, 5.74) is -0.985. The zero-order chi connectivity index (χ0) is 17.3. The molecule has 1 aromatic rings. The van der Waals surface area contributed by atoms with E-state index in [1.165, 1.54) is 10.4 Å². The minimum absolute atomic E-state index is 0.180. The first-order chi connectivity index (χ1) is 10.7. The van der Waals surface area contributed by atoms with Gasteiger partial charge in [-0.3, -0.25) is 0 Å². The van der Waals surface area contributed by atoms with Crippen LogP contribution >= 0.6 is 0 Å². The number of nitrogens with one attached hydrogen (secondary N) is 1. The van der Waals surface area contributed by atoms with Crippen LogP contribution in [0.5, 0.6) is 0 Å². The van der Waals surface area contributed by atoms with E-state index < -0.39 is 21.8 Å². The van der Waals surface area contributed by atoms with Crippen LogP contribution in [0.25, 0.3) is 0 Å². The van der Waals surface area contributed by atoms with Crippen LogP contribution < -0.4 is 4.90 Å². The van der Waals surface area contributed by atoms with E-state index in [0.717, 1.165) is 17.0 Å². The highest BCUT2D eigenvalue weighted by atomic mass is 32.2. The molecule has 0 bridgehead atoms. The zero-order valence-corrected chi connectivity index (χ0v) is 13.3. The van der Waals surface area contributed by atoms with Crippen LogP contribution in [0.4, 0.5) is 13.2 Å². The minimum atomic E-state index is -4.59. The molecule has 0 spiro atoms. The Bertz CT molecular complexity index is 705. The first-order valence-corrected chi connectivity index (χ1v) is 8.52. The van der Waals surface area contributed by atoms with Crippen molar-refractivity contribution < 1.29 is 26.5 Å². The molecule has 0 unspecified atom stereocenters. The number of alkyl halides is 3. The molecule has 23 heavy (non-hydrogen) atoms. The summed E-state index contributed by atoms with van der Waals surface area (Å²) in [6, 6.07) is 5.63. The standard InChI is InChI=1S/C14H16F3N3O2S/c1-11(10-18)19-5-7-20(8-6-19)23(21,22)13-4-2-3-12(9-13)14(15,16)17/h2-4,9,11H,5-8H2,1H3/p+1/t11-/m1/s1. The van der Waals surface area contributed by atoms with Gasteiger partial charge in [-0.15, -0.1) is 0 Å². The van der Waals surface area contributed by atoms with Crippen LogP contribution in [-0.2, 0) is 16.2 Å². The molecule has 1 aliphatic heterocycles. The van der Waals surface area contributed by atoms with Gasteiger partial charge >= 0.3 is 6.18 Å². The van der Waals surface area contributed by atoms with Crippen LogP contribution in [0.2, 0.25) is 0 Å². The second kappa shape index (κ2) is 6.47. The third kappa shape index (κ3) is 3.83. The minimum Gasteiger partial charge on any atom is -0.319 e. The molecule has 0 amide bonds. The molecular formula is C14H17F3N3O2S+. The third-order valence-electron chi connectivity index (χ3n) is 3.97. The summed E-state index contributed by atoms with van der Waals surface area (Å²) in [5.74, 6) is 0. The summed E-state index contributed by atoms with van der Waals surface area (Å²) in [5, 5.41) is 8.89. The van der Waals surface area contributed by atoms with Crippen LogP contribution in [0.3, 0.4) is 0 Å². The summed E-state index contributed by atoms with van der Waals surface area (Å²) in [4.78, 5) is 0.618. The first-order valence-electron chi connectivity index (χ1n) is 7.08. The molecule has 9 heteroatoms. The van der Waals surface area contributed by atoms with Crippen molar-refractivity contribution in [3.63, 3.8) is 0 Å². The lowest BCUT2D eigenvalue weighted by molar-refractivity contribution is -0.918. The van der Waals surface area contributed by atoms with Gasteiger partial charge in [0.15, 0.2) is 6.04 Å². The molecule has 1 aromatic carbocycles. The maximum atomic E-state index is 12.7. The molecule has 0 aromatic heterocycles. The van der Waals surface area contributed by atoms with E-state index in [1.54, 1.807) is 6.92 Å². The highest BCUT2D eigenvalue weighted by Crippen LogP contribution is 2.31. The Morgan fingerprint density at radius 1 is 1.30 bits per heavy atom. The maximum absolute atomic E-state index is 12.7. The molecule has 126 valence electrons. The van der Waals surface area contributed by atoms with Gasteiger partial charge in [0.1, 0.15) is 6.07 Å². The van der Waals surface area contributed by atoms with Crippen molar-refractivity contribution in [3.8, 4) is 6.07 Å². The summed E-state index contributed by atoms with van der Waals surface area (Å²) >= 11 is 0. The molecule has 0 saturated carbocycles. The number of halogens is 3. The molecular weight excluding hydrogens is 331 g/mol. The average Bonchev–Trinajstić information content (AvgIpc) is 2.53. The average molecular weight is 348 g/mol. The lowest BCUT2D eigenvalue weighted by Crippen LogP contribution is -3.17. The van der Waals surface area contributed by atoms with Crippen molar-refractivity contribution in [3.05, 3.63) is 29.8 Å². The van der Waals surface area contributed by atoms with Gasteiger partial charge in [0.2, 0.25) is 10.0 Å². The fourth-order valence-electron chi connectivity index (χ4n) is 2.52.